The van der Waals surface area contributed by atoms with Crippen molar-refractivity contribution in [3.8, 4) is 11.4 Å². The summed E-state index contributed by atoms with van der Waals surface area (Å²) in [7, 11) is 0. The summed E-state index contributed by atoms with van der Waals surface area (Å²) in [6.45, 7) is 3.54. The average molecular weight is 349 g/mol. The Morgan fingerprint density at radius 3 is 2.15 bits per heavy atom. The van der Waals surface area contributed by atoms with Crippen LogP contribution in [0.1, 0.15) is 13.8 Å². The van der Waals surface area contributed by atoms with E-state index in [4.69, 9.17) is 4.74 Å². The van der Waals surface area contributed by atoms with Gasteiger partial charge in [0.05, 0.1) is 6.10 Å². The largest absolute Gasteiger partial charge is 0.447 e. The van der Waals surface area contributed by atoms with Crippen LogP contribution in [0.5, 0.6) is 0 Å². The van der Waals surface area contributed by atoms with Crippen molar-refractivity contribution in [1.29, 1.82) is 0 Å². The first-order valence-electron chi connectivity index (χ1n) is 8.21. The molecule has 26 heavy (non-hydrogen) atoms. The molecule has 0 spiro atoms. The van der Waals surface area contributed by atoms with E-state index in [2.05, 4.69) is 25.6 Å². The Morgan fingerprint density at radius 1 is 0.885 bits per heavy atom. The number of anilines is 3. The SMILES string of the molecule is CC(C)OC(=O)Nc1nc(Nc2ccccc2)nc(-c2ccccc2)n1. The van der Waals surface area contributed by atoms with Crippen molar-refractivity contribution < 1.29 is 9.53 Å². The number of carbonyl (C=O) groups is 1. The lowest BCUT2D eigenvalue weighted by atomic mass is 10.2. The summed E-state index contributed by atoms with van der Waals surface area (Å²) in [5.41, 5.74) is 1.64. The molecule has 0 radical (unpaired) electrons. The highest BCUT2D eigenvalue weighted by atomic mass is 16.6. The van der Waals surface area contributed by atoms with Gasteiger partial charge in [-0.2, -0.15) is 15.0 Å². The van der Waals surface area contributed by atoms with E-state index in [1.54, 1.807) is 13.8 Å². The molecular formula is C19H19N5O2. The number of para-hydroxylation sites is 1. The number of nitrogens with zero attached hydrogens (tertiary/aromatic N) is 3. The Bertz CT molecular complexity index is 870. The third-order valence-electron chi connectivity index (χ3n) is 3.25. The van der Waals surface area contributed by atoms with Crippen molar-refractivity contribution in [2.24, 2.45) is 0 Å². The molecule has 132 valence electrons. The first kappa shape index (κ1) is 17.3. The summed E-state index contributed by atoms with van der Waals surface area (Å²) in [6.07, 6.45) is -0.858. The number of carbonyl (C=O) groups excluding carboxylic acids is 1. The Morgan fingerprint density at radius 2 is 1.50 bits per heavy atom. The summed E-state index contributed by atoms with van der Waals surface area (Å²) in [5, 5.41) is 5.66. The Kier molecular flexibility index (Phi) is 5.38. The maximum atomic E-state index is 11.9. The fourth-order valence-corrected chi connectivity index (χ4v) is 2.19. The normalized spacial score (nSPS) is 10.4. The molecule has 7 heteroatoms. The van der Waals surface area contributed by atoms with Crippen molar-refractivity contribution in [1.82, 2.24) is 15.0 Å². The smallest absolute Gasteiger partial charge is 0.414 e. The van der Waals surface area contributed by atoms with Gasteiger partial charge in [0.1, 0.15) is 0 Å². The van der Waals surface area contributed by atoms with Crippen LogP contribution in [0, 0.1) is 0 Å². The van der Waals surface area contributed by atoms with Crippen molar-refractivity contribution in [3.63, 3.8) is 0 Å². The molecule has 1 heterocycles. The van der Waals surface area contributed by atoms with Gasteiger partial charge >= 0.3 is 6.09 Å². The number of ether oxygens (including phenoxy) is 1. The van der Waals surface area contributed by atoms with Crippen LogP contribution in [0.15, 0.2) is 60.7 Å². The van der Waals surface area contributed by atoms with Crippen LogP contribution < -0.4 is 10.6 Å². The third-order valence-corrected chi connectivity index (χ3v) is 3.25. The fourth-order valence-electron chi connectivity index (χ4n) is 2.19. The van der Waals surface area contributed by atoms with Crippen LogP contribution in [-0.4, -0.2) is 27.1 Å². The second-order valence-electron chi connectivity index (χ2n) is 5.74. The maximum absolute atomic E-state index is 11.9. The van der Waals surface area contributed by atoms with Crippen LogP contribution >= 0.6 is 0 Å². The van der Waals surface area contributed by atoms with Gasteiger partial charge in [0.15, 0.2) is 5.82 Å². The summed E-state index contributed by atoms with van der Waals surface area (Å²) in [4.78, 5) is 24.9. The summed E-state index contributed by atoms with van der Waals surface area (Å²) in [6, 6.07) is 19.0. The predicted octanol–water partition coefficient (Wildman–Crippen LogP) is 4.24. The molecule has 2 aromatic carbocycles. The fraction of sp³-hybridized carbons (Fsp3) is 0.158. The second kappa shape index (κ2) is 8.06. The average Bonchev–Trinajstić information content (AvgIpc) is 2.62. The van der Waals surface area contributed by atoms with Gasteiger partial charge in [-0.3, -0.25) is 5.32 Å². The lowest BCUT2D eigenvalue weighted by Gasteiger charge is -2.11. The zero-order chi connectivity index (χ0) is 18.4. The summed E-state index contributed by atoms with van der Waals surface area (Å²) in [5.74, 6) is 0.881. The molecule has 0 aliphatic rings. The van der Waals surface area contributed by atoms with Crippen molar-refractivity contribution >= 4 is 23.7 Å². The van der Waals surface area contributed by atoms with Crippen LogP contribution in [0.2, 0.25) is 0 Å². The first-order valence-corrected chi connectivity index (χ1v) is 8.21. The van der Waals surface area contributed by atoms with E-state index in [0.29, 0.717) is 11.8 Å². The molecule has 1 aromatic heterocycles. The maximum Gasteiger partial charge on any atom is 0.414 e. The molecule has 0 fully saturated rings. The minimum absolute atomic E-state index is 0.114. The predicted molar refractivity (Wildman–Crippen MR) is 100 cm³/mol. The lowest BCUT2D eigenvalue weighted by molar-refractivity contribution is 0.129. The molecule has 0 unspecified atom stereocenters. The van der Waals surface area contributed by atoms with Gasteiger partial charge < -0.3 is 10.1 Å². The van der Waals surface area contributed by atoms with Crippen LogP contribution in [-0.2, 0) is 4.74 Å². The molecule has 3 rings (SSSR count). The summed E-state index contributed by atoms with van der Waals surface area (Å²) < 4.78 is 5.09. The van der Waals surface area contributed by atoms with E-state index in [0.717, 1.165) is 11.3 Å². The molecule has 1 amide bonds. The molecule has 2 N–H and O–H groups in total. The molecule has 3 aromatic rings. The minimum Gasteiger partial charge on any atom is -0.447 e. The van der Waals surface area contributed by atoms with E-state index in [9.17, 15) is 4.79 Å². The minimum atomic E-state index is -0.615. The molecule has 0 atom stereocenters. The van der Waals surface area contributed by atoms with Crippen LogP contribution in [0.3, 0.4) is 0 Å². The zero-order valence-corrected chi connectivity index (χ0v) is 14.5. The number of aromatic nitrogens is 3. The number of rotatable bonds is 5. The quantitative estimate of drug-likeness (QED) is 0.716. The van der Waals surface area contributed by atoms with E-state index in [1.165, 1.54) is 0 Å². The van der Waals surface area contributed by atoms with E-state index < -0.39 is 6.09 Å². The lowest BCUT2D eigenvalue weighted by Crippen LogP contribution is -2.20. The third kappa shape index (κ3) is 4.76. The highest BCUT2D eigenvalue weighted by Crippen LogP contribution is 2.20. The monoisotopic (exact) mass is 349 g/mol. The zero-order valence-electron chi connectivity index (χ0n) is 14.5. The number of amides is 1. The number of benzene rings is 2. The van der Waals surface area contributed by atoms with Crippen molar-refractivity contribution in [2.45, 2.75) is 20.0 Å². The van der Waals surface area contributed by atoms with E-state index in [1.807, 2.05) is 60.7 Å². The first-order chi connectivity index (χ1) is 12.6. The van der Waals surface area contributed by atoms with E-state index >= 15 is 0 Å². The number of nitrogens with one attached hydrogen (secondary N) is 2. The van der Waals surface area contributed by atoms with Gasteiger partial charge in [0.25, 0.3) is 0 Å². The standard InChI is InChI=1S/C19H19N5O2/c1-13(2)26-19(25)24-18-22-16(14-9-5-3-6-10-14)21-17(23-18)20-15-11-7-4-8-12-15/h3-13H,1-2H3,(H2,20,21,22,23,24,25). The molecule has 7 nitrogen and oxygen atoms in total. The highest BCUT2D eigenvalue weighted by molar-refractivity contribution is 5.83. The molecule has 0 aliphatic carbocycles. The van der Waals surface area contributed by atoms with Gasteiger partial charge in [0, 0.05) is 11.3 Å². The van der Waals surface area contributed by atoms with Gasteiger partial charge in [-0.1, -0.05) is 48.5 Å². The number of hydrogen-bond donors (Lipinski definition) is 2. The molecule has 0 bridgehead atoms. The molecular weight excluding hydrogens is 330 g/mol. The molecule has 0 saturated carbocycles. The highest BCUT2D eigenvalue weighted by Gasteiger charge is 2.13. The molecule has 0 aliphatic heterocycles. The summed E-state index contributed by atoms with van der Waals surface area (Å²) >= 11 is 0. The number of hydrogen-bond acceptors (Lipinski definition) is 6. The van der Waals surface area contributed by atoms with Crippen LogP contribution in [0.4, 0.5) is 22.4 Å². The van der Waals surface area contributed by atoms with E-state index in [-0.39, 0.29) is 12.1 Å². The van der Waals surface area contributed by atoms with Gasteiger partial charge in [0.2, 0.25) is 11.9 Å². The van der Waals surface area contributed by atoms with Crippen molar-refractivity contribution in [2.75, 3.05) is 10.6 Å². The second-order valence-corrected chi connectivity index (χ2v) is 5.74. The Hall–Kier alpha value is -3.48. The topological polar surface area (TPSA) is 89.0 Å². The van der Waals surface area contributed by atoms with Gasteiger partial charge in [-0.05, 0) is 26.0 Å². The Labute approximate surface area is 151 Å². The van der Waals surface area contributed by atoms with Crippen molar-refractivity contribution in [3.05, 3.63) is 60.7 Å². The van der Waals surface area contributed by atoms with Crippen LogP contribution in [0.25, 0.3) is 11.4 Å². The van der Waals surface area contributed by atoms with Gasteiger partial charge in [-0.25, -0.2) is 4.79 Å². The van der Waals surface area contributed by atoms with Gasteiger partial charge in [-0.15, -0.1) is 0 Å². The Balaban J connectivity index is 1.92. The molecule has 0 saturated heterocycles.